The number of nitrogens with two attached hydrogens (primary N) is 1. The van der Waals surface area contributed by atoms with Gasteiger partial charge in [-0.15, -0.1) is 0 Å². The van der Waals surface area contributed by atoms with Gasteiger partial charge in [0.25, 0.3) is 0 Å². The molecule has 2 aromatic rings. The van der Waals surface area contributed by atoms with Crippen LogP contribution in [0.2, 0.25) is 0 Å². The van der Waals surface area contributed by atoms with E-state index >= 15 is 0 Å². The van der Waals surface area contributed by atoms with E-state index in [2.05, 4.69) is 15.3 Å². The molecule has 1 aromatic carbocycles. The first-order valence-corrected chi connectivity index (χ1v) is 7.05. The average molecular weight is 322 g/mol. The minimum atomic E-state index is -4.35. The molecule has 2 rings (SSSR count). The normalized spacial score (nSPS) is 12.2. The van der Waals surface area contributed by atoms with Crippen LogP contribution in [0.3, 0.4) is 0 Å². The zero-order chi connectivity index (χ0) is 16.7. The SMILES string of the molecule is NC(=NCc1cccc(C(F)(F)F)c1)NCCc1ccccn1. The molecule has 3 N–H and O–H groups in total. The lowest BCUT2D eigenvalue weighted by molar-refractivity contribution is -0.137. The van der Waals surface area contributed by atoms with Gasteiger partial charge in [0, 0.05) is 24.9 Å². The van der Waals surface area contributed by atoms with Crippen LogP contribution in [0.25, 0.3) is 0 Å². The largest absolute Gasteiger partial charge is 0.416 e. The second-order valence-electron chi connectivity index (χ2n) is 4.90. The Balaban J connectivity index is 1.85. The summed E-state index contributed by atoms with van der Waals surface area (Å²) in [5.41, 5.74) is 6.39. The van der Waals surface area contributed by atoms with Crippen molar-refractivity contribution < 1.29 is 13.2 Å². The number of aliphatic imine (C=N–C) groups is 1. The summed E-state index contributed by atoms with van der Waals surface area (Å²) in [5, 5.41) is 2.91. The van der Waals surface area contributed by atoms with Gasteiger partial charge >= 0.3 is 6.18 Å². The van der Waals surface area contributed by atoms with Crippen molar-refractivity contribution >= 4 is 5.96 Å². The third-order valence-electron chi connectivity index (χ3n) is 3.10. The monoisotopic (exact) mass is 322 g/mol. The Kier molecular flexibility index (Phi) is 5.56. The maximum atomic E-state index is 12.6. The van der Waals surface area contributed by atoms with Gasteiger partial charge in [-0.2, -0.15) is 13.2 Å². The van der Waals surface area contributed by atoms with Crippen molar-refractivity contribution in [2.24, 2.45) is 10.7 Å². The number of nitrogens with one attached hydrogen (secondary N) is 1. The lowest BCUT2D eigenvalue weighted by Gasteiger charge is -2.08. The van der Waals surface area contributed by atoms with Gasteiger partial charge in [-0.25, -0.2) is 4.99 Å². The molecule has 0 unspecified atom stereocenters. The summed E-state index contributed by atoms with van der Waals surface area (Å²) in [6.45, 7) is 0.640. The minimum Gasteiger partial charge on any atom is -0.370 e. The molecule has 0 spiro atoms. The number of alkyl halides is 3. The first-order valence-electron chi connectivity index (χ1n) is 7.05. The number of guanidine groups is 1. The predicted molar refractivity (Wildman–Crippen MR) is 82.7 cm³/mol. The number of halogens is 3. The first kappa shape index (κ1) is 16.8. The fraction of sp³-hybridized carbons (Fsp3) is 0.250. The van der Waals surface area contributed by atoms with E-state index in [1.54, 1.807) is 12.3 Å². The van der Waals surface area contributed by atoms with Crippen LogP contribution in [0.4, 0.5) is 13.2 Å². The van der Waals surface area contributed by atoms with Crippen LogP contribution in [0.5, 0.6) is 0 Å². The molecule has 0 saturated heterocycles. The highest BCUT2D eigenvalue weighted by atomic mass is 19.4. The lowest BCUT2D eigenvalue weighted by Crippen LogP contribution is -2.33. The molecule has 1 heterocycles. The first-order chi connectivity index (χ1) is 10.9. The fourth-order valence-corrected chi connectivity index (χ4v) is 1.94. The molecule has 23 heavy (non-hydrogen) atoms. The van der Waals surface area contributed by atoms with Crippen molar-refractivity contribution in [3.05, 3.63) is 65.5 Å². The molecule has 4 nitrogen and oxygen atoms in total. The number of aromatic nitrogens is 1. The van der Waals surface area contributed by atoms with E-state index < -0.39 is 11.7 Å². The predicted octanol–water partition coefficient (Wildman–Crippen LogP) is 2.75. The van der Waals surface area contributed by atoms with Crippen molar-refractivity contribution in [2.45, 2.75) is 19.1 Å². The van der Waals surface area contributed by atoms with Gasteiger partial charge in [0.05, 0.1) is 12.1 Å². The van der Waals surface area contributed by atoms with Crippen molar-refractivity contribution in [3.8, 4) is 0 Å². The number of benzene rings is 1. The smallest absolute Gasteiger partial charge is 0.370 e. The molecular weight excluding hydrogens is 305 g/mol. The number of rotatable bonds is 5. The Morgan fingerprint density at radius 3 is 2.70 bits per heavy atom. The second-order valence-corrected chi connectivity index (χ2v) is 4.90. The van der Waals surface area contributed by atoms with Gasteiger partial charge in [0.1, 0.15) is 0 Å². The molecule has 0 saturated carbocycles. The quantitative estimate of drug-likeness (QED) is 0.657. The Bertz CT molecular complexity index is 654. The summed E-state index contributed by atoms with van der Waals surface area (Å²) >= 11 is 0. The highest BCUT2D eigenvalue weighted by Crippen LogP contribution is 2.29. The van der Waals surface area contributed by atoms with Gasteiger partial charge in [-0.3, -0.25) is 4.98 Å². The third kappa shape index (κ3) is 5.61. The van der Waals surface area contributed by atoms with Crippen LogP contribution in [-0.4, -0.2) is 17.5 Å². The fourth-order valence-electron chi connectivity index (χ4n) is 1.94. The highest BCUT2D eigenvalue weighted by Gasteiger charge is 2.30. The summed E-state index contributed by atoms with van der Waals surface area (Å²) < 4.78 is 37.8. The van der Waals surface area contributed by atoms with Gasteiger partial charge in [-0.1, -0.05) is 18.2 Å². The maximum Gasteiger partial charge on any atom is 0.416 e. The van der Waals surface area contributed by atoms with Gasteiger partial charge < -0.3 is 11.1 Å². The minimum absolute atomic E-state index is 0.0896. The standard InChI is InChI=1S/C16H17F3N4/c17-16(18,19)13-5-3-4-12(10-13)11-23-15(20)22-9-7-14-6-1-2-8-21-14/h1-6,8,10H,7,9,11H2,(H3,20,22,23). The molecule has 122 valence electrons. The number of hydrogen-bond donors (Lipinski definition) is 2. The van der Waals surface area contributed by atoms with E-state index in [-0.39, 0.29) is 12.5 Å². The van der Waals surface area contributed by atoms with Gasteiger partial charge in [-0.05, 0) is 29.8 Å². The lowest BCUT2D eigenvalue weighted by atomic mass is 10.1. The topological polar surface area (TPSA) is 63.3 Å². The molecule has 7 heteroatoms. The summed E-state index contributed by atoms with van der Waals surface area (Å²) in [5.74, 6) is 0.193. The Labute approximate surface area is 132 Å². The van der Waals surface area contributed by atoms with E-state index in [1.807, 2.05) is 18.2 Å². The maximum absolute atomic E-state index is 12.6. The van der Waals surface area contributed by atoms with Crippen LogP contribution < -0.4 is 11.1 Å². The van der Waals surface area contributed by atoms with Gasteiger partial charge in [0.15, 0.2) is 5.96 Å². The highest BCUT2D eigenvalue weighted by molar-refractivity contribution is 5.77. The average Bonchev–Trinajstić information content (AvgIpc) is 2.53. The number of nitrogens with zero attached hydrogens (tertiary/aromatic N) is 2. The summed E-state index contributed by atoms with van der Waals surface area (Å²) in [7, 11) is 0. The molecule has 0 radical (unpaired) electrons. The van der Waals surface area contributed by atoms with Gasteiger partial charge in [0.2, 0.25) is 0 Å². The molecule has 0 aliphatic rings. The van der Waals surface area contributed by atoms with Crippen molar-refractivity contribution in [3.63, 3.8) is 0 Å². The summed E-state index contributed by atoms with van der Waals surface area (Å²) in [4.78, 5) is 8.22. The zero-order valence-corrected chi connectivity index (χ0v) is 12.3. The Hall–Kier alpha value is -2.57. The van der Waals surface area contributed by atoms with E-state index in [1.165, 1.54) is 6.07 Å². The Morgan fingerprint density at radius 1 is 1.17 bits per heavy atom. The van der Waals surface area contributed by atoms with E-state index in [0.717, 1.165) is 17.8 Å². The molecule has 0 atom stereocenters. The molecule has 0 amide bonds. The molecule has 0 fully saturated rings. The van der Waals surface area contributed by atoms with Crippen LogP contribution in [-0.2, 0) is 19.1 Å². The van der Waals surface area contributed by atoms with Crippen molar-refractivity contribution in [1.29, 1.82) is 0 Å². The molecule has 1 aromatic heterocycles. The van der Waals surface area contributed by atoms with Crippen LogP contribution in [0.15, 0.2) is 53.7 Å². The van der Waals surface area contributed by atoms with Crippen LogP contribution in [0.1, 0.15) is 16.8 Å². The van der Waals surface area contributed by atoms with Crippen LogP contribution >= 0.6 is 0 Å². The molecule has 0 aliphatic carbocycles. The number of pyridine rings is 1. The van der Waals surface area contributed by atoms with Crippen molar-refractivity contribution in [1.82, 2.24) is 10.3 Å². The second kappa shape index (κ2) is 7.62. The number of hydrogen-bond acceptors (Lipinski definition) is 2. The van der Waals surface area contributed by atoms with Crippen molar-refractivity contribution in [2.75, 3.05) is 6.54 Å². The van der Waals surface area contributed by atoms with Crippen LogP contribution in [0, 0.1) is 0 Å². The van der Waals surface area contributed by atoms with E-state index in [4.69, 9.17) is 5.73 Å². The summed E-state index contributed by atoms with van der Waals surface area (Å²) in [6, 6.07) is 10.7. The van der Waals surface area contributed by atoms with E-state index in [9.17, 15) is 13.2 Å². The Morgan fingerprint density at radius 2 is 2.00 bits per heavy atom. The third-order valence-corrected chi connectivity index (χ3v) is 3.10. The van der Waals surface area contributed by atoms with E-state index in [0.29, 0.717) is 18.5 Å². The zero-order valence-electron chi connectivity index (χ0n) is 12.3. The summed E-state index contributed by atoms with van der Waals surface area (Å²) in [6.07, 6.45) is -1.97. The molecular formula is C16H17F3N4. The molecule has 0 aliphatic heterocycles. The molecule has 0 bridgehead atoms.